The Bertz CT molecular complexity index is 73.0. The second kappa shape index (κ2) is 10.4. The average Bonchev–Trinajstić information content (AvgIpc) is 1.25. The first-order valence-electron chi connectivity index (χ1n) is 1.46. The van der Waals surface area contributed by atoms with Crippen molar-refractivity contribution in [3.05, 3.63) is 15.3 Å². The molecular weight excluding hydrogens is 142 g/mol. The van der Waals surface area contributed by atoms with Crippen LogP contribution in [0.4, 0.5) is 0 Å². The summed E-state index contributed by atoms with van der Waals surface area (Å²) in [5, 5.41) is 23.6. The van der Waals surface area contributed by atoms with Gasteiger partial charge in [0.25, 0.3) is 0 Å². The van der Waals surface area contributed by atoms with Gasteiger partial charge < -0.3 is 25.2 Å². The van der Waals surface area contributed by atoms with Crippen LogP contribution < -0.4 is 5.11 Å². The molecule has 0 saturated heterocycles. The van der Waals surface area contributed by atoms with Gasteiger partial charge in [-0.25, -0.2) is 0 Å². The molecular formula is C2H3MgNO5. The Morgan fingerprint density at radius 1 is 1.44 bits per heavy atom. The van der Waals surface area contributed by atoms with Crippen molar-refractivity contribution < 1.29 is 15.0 Å². The van der Waals surface area contributed by atoms with Crippen molar-refractivity contribution in [2.45, 2.75) is 6.92 Å². The van der Waals surface area contributed by atoms with E-state index in [1.807, 2.05) is 0 Å². The SMILES string of the molecule is CC(=O)[O-].O=[N+]([O-])[O-].[Mg+2]. The summed E-state index contributed by atoms with van der Waals surface area (Å²) in [7, 11) is 0. The van der Waals surface area contributed by atoms with Crippen molar-refractivity contribution in [1.29, 1.82) is 0 Å². The molecule has 0 atom stereocenters. The zero-order chi connectivity index (χ0) is 7.15. The molecule has 0 bridgehead atoms. The quantitative estimate of drug-likeness (QED) is 0.226. The molecule has 0 N–H and O–H groups in total. The Hall–Kier alpha value is -0.564. The Labute approximate surface area is 66.7 Å². The second-order valence-electron chi connectivity index (χ2n) is 0.715. The molecule has 0 aliphatic carbocycles. The van der Waals surface area contributed by atoms with Gasteiger partial charge in [0.15, 0.2) is 0 Å². The van der Waals surface area contributed by atoms with E-state index >= 15 is 0 Å². The van der Waals surface area contributed by atoms with E-state index in [1.54, 1.807) is 0 Å². The molecule has 0 spiro atoms. The van der Waals surface area contributed by atoms with Gasteiger partial charge in [0.05, 0.1) is 5.09 Å². The maximum absolute atomic E-state index is 8.89. The Morgan fingerprint density at radius 3 is 1.44 bits per heavy atom. The number of nitrogens with zero attached hydrogens (tertiary/aromatic N) is 1. The van der Waals surface area contributed by atoms with Crippen LogP contribution in [0.25, 0.3) is 0 Å². The third-order valence-electron chi connectivity index (χ3n) is 0. The predicted octanol–water partition coefficient (Wildman–Crippen LogP) is -1.86. The van der Waals surface area contributed by atoms with Crippen LogP contribution in [0.2, 0.25) is 0 Å². The van der Waals surface area contributed by atoms with E-state index in [0.29, 0.717) is 0 Å². The van der Waals surface area contributed by atoms with Crippen LogP contribution in [0.5, 0.6) is 0 Å². The summed E-state index contributed by atoms with van der Waals surface area (Å²) in [5.41, 5.74) is 0. The fraction of sp³-hybridized carbons (Fsp3) is 0.500. The van der Waals surface area contributed by atoms with Gasteiger partial charge in [0.1, 0.15) is 0 Å². The van der Waals surface area contributed by atoms with Gasteiger partial charge in [-0.05, 0) is 6.92 Å². The molecule has 0 fully saturated rings. The van der Waals surface area contributed by atoms with Gasteiger partial charge in [0.2, 0.25) is 0 Å². The average molecular weight is 145 g/mol. The van der Waals surface area contributed by atoms with Gasteiger partial charge in [-0.1, -0.05) is 0 Å². The van der Waals surface area contributed by atoms with Crippen molar-refractivity contribution in [3.63, 3.8) is 0 Å². The van der Waals surface area contributed by atoms with Crippen LogP contribution in [-0.4, -0.2) is 34.1 Å². The zero-order valence-corrected chi connectivity index (χ0v) is 6.11. The molecule has 7 heteroatoms. The van der Waals surface area contributed by atoms with Crippen LogP contribution >= 0.6 is 0 Å². The van der Waals surface area contributed by atoms with Gasteiger partial charge in [-0.15, -0.1) is 0 Å². The number of hydrogen-bond donors (Lipinski definition) is 0. The second-order valence-corrected chi connectivity index (χ2v) is 0.715. The minimum absolute atomic E-state index is 0. The molecule has 0 heterocycles. The maximum atomic E-state index is 8.89. The molecule has 0 aromatic carbocycles. The summed E-state index contributed by atoms with van der Waals surface area (Å²) in [6, 6.07) is 0. The first-order valence-corrected chi connectivity index (χ1v) is 1.46. The summed E-state index contributed by atoms with van der Waals surface area (Å²) in [4.78, 5) is 17.1. The van der Waals surface area contributed by atoms with E-state index in [9.17, 15) is 0 Å². The van der Waals surface area contributed by atoms with E-state index in [0.717, 1.165) is 6.92 Å². The zero-order valence-electron chi connectivity index (χ0n) is 4.70. The first kappa shape index (κ1) is 15.8. The van der Waals surface area contributed by atoms with E-state index in [1.165, 1.54) is 0 Å². The molecule has 0 rings (SSSR count). The molecule has 0 aliphatic heterocycles. The molecule has 0 radical (unpaired) electrons. The van der Waals surface area contributed by atoms with Gasteiger partial charge in [-0.2, -0.15) is 0 Å². The number of carbonyl (C=O) groups is 1. The van der Waals surface area contributed by atoms with E-state index in [-0.39, 0.29) is 23.1 Å². The Balaban J connectivity index is -0.0000000720. The molecule has 0 amide bonds. The molecule has 0 aromatic rings. The van der Waals surface area contributed by atoms with Crippen LogP contribution in [-0.2, 0) is 4.79 Å². The summed E-state index contributed by atoms with van der Waals surface area (Å²) in [6.45, 7) is 0.972. The van der Waals surface area contributed by atoms with E-state index in [2.05, 4.69) is 0 Å². The van der Waals surface area contributed by atoms with Crippen molar-refractivity contribution in [3.8, 4) is 0 Å². The number of aliphatic carboxylic acids is 1. The minimum Gasteiger partial charge on any atom is -0.550 e. The van der Waals surface area contributed by atoms with E-state index in [4.69, 9.17) is 25.2 Å². The molecule has 0 aliphatic rings. The third kappa shape index (κ3) is 691. The predicted molar refractivity (Wildman–Crippen MR) is 26.8 cm³/mol. The standard InChI is InChI=1S/C2H4O2.Mg.NO3/c1-2(3)4;;2-1(3)4/h1H3,(H,3,4);;/q;+2;-1/p-1. The molecule has 6 nitrogen and oxygen atoms in total. The number of rotatable bonds is 0. The van der Waals surface area contributed by atoms with Crippen molar-refractivity contribution in [1.82, 2.24) is 0 Å². The van der Waals surface area contributed by atoms with Gasteiger partial charge in [-0.3, -0.25) is 0 Å². The topological polar surface area (TPSA) is 106 Å². The molecule has 0 unspecified atom stereocenters. The Kier molecular flexibility index (Phi) is 18.3. The van der Waals surface area contributed by atoms with Crippen molar-refractivity contribution in [2.75, 3.05) is 0 Å². The van der Waals surface area contributed by atoms with Gasteiger partial charge in [0, 0.05) is 5.97 Å². The minimum atomic E-state index is -1.75. The number of carbonyl (C=O) groups excluding carboxylic acids is 1. The summed E-state index contributed by atoms with van der Waals surface area (Å²) >= 11 is 0. The maximum Gasteiger partial charge on any atom is 2.00 e. The molecule has 48 valence electrons. The Morgan fingerprint density at radius 2 is 1.44 bits per heavy atom. The summed E-state index contributed by atoms with van der Waals surface area (Å²) in [6.07, 6.45) is 0. The van der Waals surface area contributed by atoms with Crippen molar-refractivity contribution >= 4 is 29.0 Å². The summed E-state index contributed by atoms with van der Waals surface area (Å²) in [5.74, 6) is -1.08. The smallest absolute Gasteiger partial charge is 0.550 e. The van der Waals surface area contributed by atoms with E-state index < -0.39 is 11.1 Å². The monoisotopic (exact) mass is 145 g/mol. The van der Waals surface area contributed by atoms with Crippen LogP contribution in [0.15, 0.2) is 0 Å². The molecule has 0 saturated carbocycles. The normalized spacial score (nSPS) is 5.44. The van der Waals surface area contributed by atoms with Crippen molar-refractivity contribution in [2.24, 2.45) is 0 Å². The van der Waals surface area contributed by atoms with Crippen LogP contribution in [0.1, 0.15) is 6.92 Å². The first-order chi connectivity index (χ1) is 3.46. The van der Waals surface area contributed by atoms with Crippen LogP contribution in [0, 0.1) is 15.3 Å². The number of hydrogen-bond acceptors (Lipinski definition) is 5. The third-order valence-corrected chi connectivity index (χ3v) is 0. The summed E-state index contributed by atoms with van der Waals surface area (Å²) < 4.78 is 0. The van der Waals surface area contributed by atoms with Gasteiger partial charge >= 0.3 is 23.1 Å². The number of carboxylic acid groups (broad SMARTS) is 1. The number of carboxylic acids is 1. The fourth-order valence-corrected chi connectivity index (χ4v) is 0. The largest absolute Gasteiger partial charge is 2.00 e. The molecule has 0 aromatic heterocycles. The molecule has 9 heavy (non-hydrogen) atoms. The fourth-order valence-electron chi connectivity index (χ4n) is 0. The van der Waals surface area contributed by atoms with Crippen LogP contribution in [0.3, 0.4) is 0 Å².